The summed E-state index contributed by atoms with van der Waals surface area (Å²) in [6, 6.07) is 0. The third-order valence-electron chi connectivity index (χ3n) is 4.93. The van der Waals surface area contributed by atoms with Crippen molar-refractivity contribution < 1.29 is 4.79 Å². The quantitative estimate of drug-likeness (QED) is 0.749. The van der Waals surface area contributed by atoms with E-state index in [-0.39, 0.29) is 5.41 Å². The number of carbonyl (C=O) groups excluding carboxylic acids is 1. The molecule has 2 nitrogen and oxygen atoms in total. The molecule has 110 valence electrons. The molecule has 19 heavy (non-hydrogen) atoms. The van der Waals surface area contributed by atoms with Gasteiger partial charge in [-0.15, -0.1) is 0 Å². The zero-order valence-corrected chi connectivity index (χ0v) is 14.0. The van der Waals surface area contributed by atoms with Crippen molar-refractivity contribution in [3.63, 3.8) is 0 Å². The van der Waals surface area contributed by atoms with E-state index in [0.29, 0.717) is 22.6 Å². The van der Waals surface area contributed by atoms with E-state index in [4.69, 9.17) is 0 Å². The minimum absolute atomic E-state index is 0.0470. The molecule has 0 bridgehead atoms. The fraction of sp³-hybridized carbons (Fsp3) is 0.938. The first-order valence-electron chi connectivity index (χ1n) is 7.96. The van der Waals surface area contributed by atoms with Crippen LogP contribution in [0.1, 0.15) is 65.2 Å². The Labute approximate surface area is 126 Å². The fourth-order valence-electron chi connectivity index (χ4n) is 3.99. The summed E-state index contributed by atoms with van der Waals surface area (Å²) in [6.45, 7) is 5.34. The molecule has 0 aromatic rings. The highest BCUT2D eigenvalue weighted by atomic mass is 79.9. The molecule has 0 aromatic carbocycles. The first-order chi connectivity index (χ1) is 9.03. The van der Waals surface area contributed by atoms with Gasteiger partial charge in [0.1, 0.15) is 0 Å². The van der Waals surface area contributed by atoms with Crippen molar-refractivity contribution in [3.8, 4) is 0 Å². The van der Waals surface area contributed by atoms with E-state index in [9.17, 15) is 4.79 Å². The number of alkyl halides is 1. The number of halogens is 1. The van der Waals surface area contributed by atoms with E-state index in [1.165, 1.54) is 32.1 Å². The van der Waals surface area contributed by atoms with E-state index in [1.54, 1.807) is 0 Å². The van der Waals surface area contributed by atoms with Crippen LogP contribution in [-0.4, -0.2) is 17.3 Å². The van der Waals surface area contributed by atoms with Crippen LogP contribution in [0.3, 0.4) is 0 Å². The molecule has 2 aliphatic rings. The maximum absolute atomic E-state index is 12.6. The highest BCUT2D eigenvalue weighted by molar-refractivity contribution is 9.09. The highest BCUT2D eigenvalue weighted by Gasteiger charge is 2.41. The van der Waals surface area contributed by atoms with Crippen LogP contribution in [-0.2, 0) is 4.79 Å². The highest BCUT2D eigenvalue weighted by Crippen LogP contribution is 2.43. The summed E-state index contributed by atoms with van der Waals surface area (Å²) in [7, 11) is 0. The standard InChI is InChI=1S/C16H28BrNO/c1-12(2)10-16(8-3-4-9-16)15(19)18-11-13-6-5-7-14(13)17/h12-14H,3-11H2,1-2H3,(H,18,19). The summed E-state index contributed by atoms with van der Waals surface area (Å²) < 4.78 is 0. The van der Waals surface area contributed by atoms with Crippen LogP contribution in [0.2, 0.25) is 0 Å². The maximum atomic E-state index is 12.6. The third kappa shape index (κ3) is 3.74. The molecule has 0 aliphatic heterocycles. The lowest BCUT2D eigenvalue weighted by Crippen LogP contribution is -2.42. The van der Waals surface area contributed by atoms with Crippen LogP contribution >= 0.6 is 15.9 Å². The predicted molar refractivity (Wildman–Crippen MR) is 83.4 cm³/mol. The first-order valence-corrected chi connectivity index (χ1v) is 8.87. The normalized spacial score (nSPS) is 29.9. The molecule has 2 atom stereocenters. The molecule has 0 spiro atoms. The van der Waals surface area contributed by atoms with E-state index < -0.39 is 0 Å². The molecule has 0 radical (unpaired) electrons. The molecule has 2 saturated carbocycles. The fourth-order valence-corrected chi connectivity index (χ4v) is 4.76. The molecule has 0 saturated heterocycles. The van der Waals surface area contributed by atoms with Gasteiger partial charge in [-0.05, 0) is 43.9 Å². The Morgan fingerprint density at radius 3 is 2.47 bits per heavy atom. The minimum atomic E-state index is -0.0470. The van der Waals surface area contributed by atoms with E-state index in [0.717, 1.165) is 25.8 Å². The third-order valence-corrected chi connectivity index (χ3v) is 6.14. The molecule has 3 heteroatoms. The Balaban J connectivity index is 1.89. The summed E-state index contributed by atoms with van der Waals surface area (Å²) in [5.74, 6) is 1.59. The van der Waals surface area contributed by atoms with Gasteiger partial charge in [-0.2, -0.15) is 0 Å². The second-order valence-electron chi connectivity index (χ2n) is 7.00. The largest absolute Gasteiger partial charge is 0.355 e. The molecule has 1 N–H and O–H groups in total. The summed E-state index contributed by atoms with van der Waals surface area (Å²) in [5, 5.41) is 3.27. The summed E-state index contributed by atoms with van der Waals surface area (Å²) in [5.41, 5.74) is -0.0470. The Hall–Kier alpha value is -0.0500. The molecule has 1 amide bonds. The van der Waals surface area contributed by atoms with Gasteiger partial charge in [0.25, 0.3) is 0 Å². The Morgan fingerprint density at radius 2 is 1.95 bits per heavy atom. The molecular weight excluding hydrogens is 302 g/mol. The van der Waals surface area contributed by atoms with Gasteiger partial charge in [-0.3, -0.25) is 4.79 Å². The van der Waals surface area contributed by atoms with Crippen molar-refractivity contribution in [1.82, 2.24) is 5.32 Å². The second kappa shape index (κ2) is 6.60. The number of hydrogen-bond acceptors (Lipinski definition) is 1. The van der Waals surface area contributed by atoms with E-state index in [2.05, 4.69) is 35.1 Å². The SMILES string of the molecule is CC(C)CC1(C(=O)NCC2CCCC2Br)CCCC1. The maximum Gasteiger partial charge on any atom is 0.226 e. The van der Waals surface area contributed by atoms with Crippen LogP contribution in [0.25, 0.3) is 0 Å². The van der Waals surface area contributed by atoms with E-state index in [1.807, 2.05) is 0 Å². The molecule has 0 aromatic heterocycles. The summed E-state index contributed by atoms with van der Waals surface area (Å²) >= 11 is 3.74. The van der Waals surface area contributed by atoms with Crippen LogP contribution in [0.4, 0.5) is 0 Å². The predicted octanol–water partition coefficient (Wildman–Crippen LogP) is 4.27. The monoisotopic (exact) mass is 329 g/mol. The topological polar surface area (TPSA) is 29.1 Å². The van der Waals surface area contributed by atoms with Gasteiger partial charge >= 0.3 is 0 Å². The number of hydrogen-bond donors (Lipinski definition) is 1. The zero-order chi connectivity index (χ0) is 13.9. The average Bonchev–Trinajstić information content (AvgIpc) is 2.96. The molecular formula is C16H28BrNO. The van der Waals surface area contributed by atoms with Gasteiger partial charge in [0.15, 0.2) is 0 Å². The van der Waals surface area contributed by atoms with Crippen LogP contribution in [0.15, 0.2) is 0 Å². The molecule has 0 heterocycles. The van der Waals surface area contributed by atoms with Gasteiger partial charge < -0.3 is 5.32 Å². The van der Waals surface area contributed by atoms with Crippen LogP contribution in [0, 0.1) is 17.3 Å². The number of rotatable bonds is 5. The molecule has 2 aliphatic carbocycles. The lowest BCUT2D eigenvalue weighted by molar-refractivity contribution is -0.132. The van der Waals surface area contributed by atoms with Crippen molar-refractivity contribution in [2.24, 2.45) is 17.3 Å². The molecule has 2 fully saturated rings. The first kappa shape index (κ1) is 15.3. The van der Waals surface area contributed by atoms with Crippen molar-refractivity contribution in [3.05, 3.63) is 0 Å². The van der Waals surface area contributed by atoms with Crippen molar-refractivity contribution in [1.29, 1.82) is 0 Å². The van der Waals surface area contributed by atoms with Gasteiger partial charge in [-0.25, -0.2) is 0 Å². The number of amides is 1. The minimum Gasteiger partial charge on any atom is -0.355 e. The number of nitrogens with one attached hydrogen (secondary N) is 1. The van der Waals surface area contributed by atoms with E-state index >= 15 is 0 Å². The lowest BCUT2D eigenvalue weighted by Gasteiger charge is -2.30. The smallest absolute Gasteiger partial charge is 0.226 e. The van der Waals surface area contributed by atoms with Gasteiger partial charge in [-0.1, -0.05) is 49.0 Å². The Kier molecular flexibility index (Phi) is 5.33. The lowest BCUT2D eigenvalue weighted by atomic mass is 9.77. The van der Waals surface area contributed by atoms with Crippen molar-refractivity contribution in [2.75, 3.05) is 6.54 Å². The Bertz CT molecular complexity index is 310. The summed E-state index contributed by atoms with van der Waals surface area (Å²) in [4.78, 5) is 13.2. The molecule has 2 rings (SSSR count). The van der Waals surface area contributed by atoms with Crippen molar-refractivity contribution in [2.45, 2.75) is 70.0 Å². The van der Waals surface area contributed by atoms with Crippen LogP contribution < -0.4 is 5.32 Å². The van der Waals surface area contributed by atoms with Crippen molar-refractivity contribution >= 4 is 21.8 Å². The Morgan fingerprint density at radius 1 is 1.26 bits per heavy atom. The zero-order valence-electron chi connectivity index (χ0n) is 12.4. The molecule has 2 unspecified atom stereocenters. The van der Waals surface area contributed by atoms with Crippen LogP contribution in [0.5, 0.6) is 0 Å². The van der Waals surface area contributed by atoms with Gasteiger partial charge in [0, 0.05) is 16.8 Å². The second-order valence-corrected chi connectivity index (χ2v) is 8.18. The average molecular weight is 330 g/mol. The van der Waals surface area contributed by atoms with Gasteiger partial charge in [0.05, 0.1) is 0 Å². The van der Waals surface area contributed by atoms with Gasteiger partial charge in [0.2, 0.25) is 5.91 Å². The summed E-state index contributed by atoms with van der Waals surface area (Å²) in [6.07, 6.45) is 9.52. The number of carbonyl (C=O) groups is 1.